The Balaban J connectivity index is 4.84. The van der Waals surface area contributed by atoms with E-state index in [0.29, 0.717) is 39.5 Å². The molecule has 0 amide bonds. The van der Waals surface area contributed by atoms with Crippen LogP contribution in [0.15, 0.2) is 0 Å². The Bertz CT molecular complexity index is 1170. The highest BCUT2D eigenvalue weighted by Gasteiger charge is 2.29. The molecule has 0 heterocycles. The standard InChI is InChI=1S/C67H138O9P2/c1-5-9-13-17-21-24-27-30-33-36-39-42-45-48-52-56-61-71-77(68,72-62-57-53-49-46-43-40-37-34-31-28-25-22-18-14-10-6-2)74-64-59-65-75-78(69,76-67-66-70-60-55-51-20-16-12-8-4)73-63-58-54-50-47-44-41-38-35-32-29-26-23-19-15-11-7-3/h5-67H2,1-4H3. The van der Waals surface area contributed by atoms with Gasteiger partial charge in [-0.3, -0.25) is 27.1 Å². The predicted molar refractivity (Wildman–Crippen MR) is 338 cm³/mol. The fourth-order valence-corrected chi connectivity index (χ4v) is 12.9. The molecule has 1 unspecified atom stereocenters. The lowest BCUT2D eigenvalue weighted by Crippen LogP contribution is -2.10. The maximum absolute atomic E-state index is 14.0. The topological polar surface area (TPSA) is 98.8 Å². The van der Waals surface area contributed by atoms with Crippen molar-refractivity contribution >= 4 is 15.6 Å². The van der Waals surface area contributed by atoms with Gasteiger partial charge in [0, 0.05) is 6.61 Å². The molecule has 0 bridgehead atoms. The first-order valence-electron chi connectivity index (χ1n) is 35.1. The van der Waals surface area contributed by atoms with Crippen LogP contribution in [-0.2, 0) is 41.0 Å². The van der Waals surface area contributed by atoms with E-state index in [2.05, 4.69) is 27.7 Å². The van der Waals surface area contributed by atoms with Crippen molar-refractivity contribution in [2.24, 2.45) is 0 Å². The molecule has 0 N–H and O–H groups in total. The Morgan fingerprint density at radius 3 is 0.526 bits per heavy atom. The van der Waals surface area contributed by atoms with Crippen molar-refractivity contribution in [1.82, 2.24) is 0 Å². The SMILES string of the molecule is CCCCCCCCCCCCCCCCCCOP(=O)(OCCCCCCCCCCCCCCCCCC)OCCCOP(=O)(OCCCCCCCCCCCCCCCCCC)OCCOCCCCCCCC. The summed E-state index contributed by atoms with van der Waals surface area (Å²) >= 11 is 0. The number of hydrogen-bond donors (Lipinski definition) is 0. The highest BCUT2D eigenvalue weighted by Crippen LogP contribution is 2.51. The first kappa shape index (κ1) is 78.2. The Kier molecular flexibility index (Phi) is 66.5. The minimum atomic E-state index is -3.83. The maximum atomic E-state index is 14.0. The lowest BCUT2D eigenvalue weighted by atomic mass is 10.0. The third-order valence-corrected chi connectivity index (χ3v) is 18.6. The molecule has 0 aromatic rings. The maximum Gasteiger partial charge on any atom is 0.474 e. The minimum Gasteiger partial charge on any atom is -0.379 e. The van der Waals surface area contributed by atoms with E-state index in [4.69, 9.17) is 31.9 Å². The summed E-state index contributed by atoms with van der Waals surface area (Å²) in [7, 11) is -7.60. The molecule has 0 aliphatic rings. The van der Waals surface area contributed by atoms with Gasteiger partial charge in [0.1, 0.15) is 0 Å². The summed E-state index contributed by atoms with van der Waals surface area (Å²) in [5.74, 6) is 0. The van der Waals surface area contributed by atoms with Gasteiger partial charge in [-0.25, -0.2) is 9.13 Å². The van der Waals surface area contributed by atoms with Gasteiger partial charge >= 0.3 is 15.6 Å². The van der Waals surface area contributed by atoms with Crippen LogP contribution in [0.4, 0.5) is 0 Å². The van der Waals surface area contributed by atoms with Crippen LogP contribution in [0.2, 0.25) is 0 Å². The molecule has 470 valence electrons. The molecule has 0 spiro atoms. The fourth-order valence-electron chi connectivity index (χ4n) is 10.4. The molecule has 0 rings (SSSR count). The number of rotatable bonds is 71. The normalized spacial score (nSPS) is 12.8. The zero-order valence-corrected chi connectivity index (χ0v) is 54.9. The molecule has 9 nitrogen and oxygen atoms in total. The van der Waals surface area contributed by atoms with Crippen LogP contribution in [0.3, 0.4) is 0 Å². The summed E-state index contributed by atoms with van der Waals surface area (Å²) in [6, 6.07) is 0. The predicted octanol–water partition coefficient (Wildman–Crippen LogP) is 24.9. The highest BCUT2D eigenvalue weighted by atomic mass is 31.2. The van der Waals surface area contributed by atoms with E-state index < -0.39 is 15.6 Å². The summed E-state index contributed by atoms with van der Waals surface area (Å²) in [6.45, 7) is 11.4. The van der Waals surface area contributed by atoms with Gasteiger partial charge in [0.25, 0.3) is 0 Å². The van der Waals surface area contributed by atoms with Gasteiger partial charge in [-0.15, -0.1) is 0 Å². The quantitative estimate of drug-likeness (QED) is 0.0435. The molecule has 0 radical (unpaired) electrons. The number of ether oxygens (including phenoxy) is 1. The van der Waals surface area contributed by atoms with Crippen molar-refractivity contribution in [1.29, 1.82) is 0 Å². The molecule has 0 aromatic heterocycles. The minimum absolute atomic E-state index is 0.0765. The van der Waals surface area contributed by atoms with E-state index in [1.807, 2.05) is 0 Å². The van der Waals surface area contributed by atoms with Crippen LogP contribution in [0.1, 0.15) is 381 Å². The van der Waals surface area contributed by atoms with E-state index in [0.717, 1.165) is 57.8 Å². The van der Waals surface area contributed by atoms with E-state index in [1.54, 1.807) is 0 Å². The summed E-state index contributed by atoms with van der Waals surface area (Å²) in [6.07, 6.45) is 69.8. The lowest BCUT2D eigenvalue weighted by molar-refractivity contribution is 0.0597. The van der Waals surface area contributed by atoms with E-state index in [9.17, 15) is 9.13 Å². The van der Waals surface area contributed by atoms with Gasteiger partial charge in [-0.05, 0) is 32.1 Å². The van der Waals surface area contributed by atoms with Gasteiger partial charge < -0.3 is 4.74 Å². The average molecular weight is 1150 g/mol. The zero-order chi connectivity index (χ0) is 56.5. The van der Waals surface area contributed by atoms with Crippen LogP contribution in [-0.4, -0.2) is 52.9 Å². The van der Waals surface area contributed by atoms with Gasteiger partial charge in [0.05, 0.1) is 46.2 Å². The zero-order valence-electron chi connectivity index (χ0n) is 53.1. The second kappa shape index (κ2) is 66.3. The van der Waals surface area contributed by atoms with E-state index >= 15 is 0 Å². The fraction of sp³-hybridized carbons (Fsp3) is 1.00. The molecular formula is C67H138O9P2. The van der Waals surface area contributed by atoms with Gasteiger partial charge in [0.15, 0.2) is 0 Å². The number of hydrogen-bond acceptors (Lipinski definition) is 9. The van der Waals surface area contributed by atoms with Crippen LogP contribution in [0.5, 0.6) is 0 Å². The molecule has 0 aromatic carbocycles. The van der Waals surface area contributed by atoms with Gasteiger partial charge in [-0.1, -0.05) is 349 Å². The Hall–Kier alpha value is 0.180. The molecule has 1 atom stereocenters. The van der Waals surface area contributed by atoms with Crippen LogP contribution in [0, 0.1) is 0 Å². The number of phosphoric ester groups is 2. The summed E-state index contributed by atoms with van der Waals surface area (Å²) in [4.78, 5) is 0. The molecular weight excluding hydrogens is 1010 g/mol. The third kappa shape index (κ3) is 62.2. The molecule has 0 aliphatic heterocycles. The first-order valence-corrected chi connectivity index (χ1v) is 38.0. The van der Waals surface area contributed by atoms with Crippen LogP contribution >= 0.6 is 15.6 Å². The summed E-state index contributed by atoms with van der Waals surface area (Å²) < 4.78 is 69.0. The first-order chi connectivity index (χ1) is 38.4. The van der Waals surface area contributed by atoms with Gasteiger partial charge in [0.2, 0.25) is 0 Å². The Labute approximate surface area is 488 Å². The number of unbranched alkanes of at least 4 members (excludes halogenated alkanes) is 50. The summed E-state index contributed by atoms with van der Waals surface area (Å²) in [5, 5.41) is 0. The van der Waals surface area contributed by atoms with Crippen molar-refractivity contribution in [2.45, 2.75) is 381 Å². The Morgan fingerprint density at radius 1 is 0.167 bits per heavy atom. The third-order valence-electron chi connectivity index (χ3n) is 15.6. The number of phosphoric acid groups is 2. The van der Waals surface area contributed by atoms with E-state index in [-0.39, 0.29) is 19.8 Å². The molecule has 0 saturated carbocycles. The summed E-state index contributed by atoms with van der Waals surface area (Å²) in [5.41, 5.74) is 0. The van der Waals surface area contributed by atoms with Crippen molar-refractivity contribution in [3.8, 4) is 0 Å². The lowest BCUT2D eigenvalue weighted by Gasteiger charge is -2.20. The monoisotopic (exact) mass is 1150 g/mol. The highest BCUT2D eigenvalue weighted by molar-refractivity contribution is 7.48. The molecule has 11 heteroatoms. The van der Waals surface area contributed by atoms with Crippen molar-refractivity contribution in [3.05, 3.63) is 0 Å². The van der Waals surface area contributed by atoms with Gasteiger partial charge in [-0.2, -0.15) is 0 Å². The van der Waals surface area contributed by atoms with Crippen molar-refractivity contribution in [3.63, 3.8) is 0 Å². The second-order valence-electron chi connectivity index (χ2n) is 23.5. The van der Waals surface area contributed by atoms with Crippen molar-refractivity contribution in [2.75, 3.05) is 52.9 Å². The molecule has 0 fully saturated rings. The Morgan fingerprint density at radius 2 is 0.321 bits per heavy atom. The second-order valence-corrected chi connectivity index (χ2v) is 26.9. The van der Waals surface area contributed by atoms with E-state index in [1.165, 1.54) is 289 Å². The largest absolute Gasteiger partial charge is 0.474 e. The van der Waals surface area contributed by atoms with Crippen molar-refractivity contribution < 1.29 is 41.0 Å². The molecule has 0 aliphatic carbocycles. The molecule has 0 saturated heterocycles. The van der Waals surface area contributed by atoms with Crippen LogP contribution < -0.4 is 0 Å². The smallest absolute Gasteiger partial charge is 0.379 e. The molecule has 78 heavy (non-hydrogen) atoms. The average Bonchev–Trinajstić information content (AvgIpc) is 3.44. The van der Waals surface area contributed by atoms with Crippen LogP contribution in [0.25, 0.3) is 0 Å².